The van der Waals surface area contributed by atoms with Gasteiger partial charge in [0.1, 0.15) is 0 Å². The lowest BCUT2D eigenvalue weighted by Gasteiger charge is -2.25. The second kappa shape index (κ2) is 5.37. The third-order valence-electron chi connectivity index (χ3n) is 3.91. The third kappa shape index (κ3) is 2.62. The summed E-state index contributed by atoms with van der Waals surface area (Å²) in [4.78, 5) is 3.94. The monoisotopic (exact) mass is 386 g/mol. The fourth-order valence-corrected chi connectivity index (χ4v) is 5.70. The van der Waals surface area contributed by atoms with Crippen LogP contribution < -0.4 is 4.90 Å². The van der Waals surface area contributed by atoms with Gasteiger partial charge in [0, 0.05) is 16.7 Å². The van der Waals surface area contributed by atoms with Gasteiger partial charge in [-0.25, -0.2) is 8.42 Å². The van der Waals surface area contributed by atoms with Crippen molar-refractivity contribution in [2.45, 2.75) is 12.1 Å². The highest BCUT2D eigenvalue weighted by atomic mass is 79.9. The van der Waals surface area contributed by atoms with Gasteiger partial charge in [-0.1, -0.05) is 22.0 Å². The lowest BCUT2D eigenvalue weighted by Crippen LogP contribution is -2.37. The molecule has 0 bridgehead atoms. The van der Waals surface area contributed by atoms with Crippen LogP contribution in [-0.4, -0.2) is 48.6 Å². The number of hydrogen-bond donors (Lipinski definition) is 0. The van der Waals surface area contributed by atoms with Crippen LogP contribution in [-0.2, 0) is 9.84 Å². The summed E-state index contributed by atoms with van der Waals surface area (Å²) < 4.78 is 25.0. The van der Waals surface area contributed by atoms with Crippen molar-refractivity contribution < 1.29 is 8.42 Å². The van der Waals surface area contributed by atoms with Crippen molar-refractivity contribution in [3.8, 4) is 0 Å². The smallest absolute Gasteiger partial charge is 0.177 e. The zero-order valence-electron chi connectivity index (χ0n) is 11.3. The van der Waals surface area contributed by atoms with Gasteiger partial charge in [-0.3, -0.25) is 0 Å². The number of thiocarbonyl (C=S) groups is 1. The SMILES string of the molecule is C=CCN1C(=S)N(c2ccc(Br)cc2)C2CS(=O)(=O)CC21. The Balaban J connectivity index is 2.01. The second-order valence-electron chi connectivity index (χ2n) is 5.28. The summed E-state index contributed by atoms with van der Waals surface area (Å²) in [5, 5.41) is 0.683. The van der Waals surface area contributed by atoms with Crippen molar-refractivity contribution in [2.75, 3.05) is 23.0 Å². The van der Waals surface area contributed by atoms with E-state index in [9.17, 15) is 8.42 Å². The number of halogens is 1. The Morgan fingerprint density at radius 1 is 1.29 bits per heavy atom. The molecule has 0 spiro atoms. The van der Waals surface area contributed by atoms with Crippen molar-refractivity contribution in [3.05, 3.63) is 41.4 Å². The Labute approximate surface area is 138 Å². The van der Waals surface area contributed by atoms with Gasteiger partial charge in [0.15, 0.2) is 14.9 Å². The maximum atomic E-state index is 12.0. The minimum absolute atomic E-state index is 0.0795. The first-order valence-corrected chi connectivity index (χ1v) is 9.62. The molecule has 0 saturated carbocycles. The van der Waals surface area contributed by atoms with Crippen LogP contribution in [0.3, 0.4) is 0 Å². The van der Waals surface area contributed by atoms with Crippen LogP contribution in [0.25, 0.3) is 0 Å². The van der Waals surface area contributed by atoms with Crippen LogP contribution in [0.2, 0.25) is 0 Å². The molecular formula is C14H15BrN2O2S2. The molecule has 2 saturated heterocycles. The lowest BCUT2D eigenvalue weighted by molar-refractivity contribution is 0.389. The predicted molar refractivity (Wildman–Crippen MR) is 92.4 cm³/mol. The molecule has 112 valence electrons. The normalized spacial score (nSPS) is 27.0. The number of benzene rings is 1. The molecule has 0 radical (unpaired) electrons. The fourth-order valence-electron chi connectivity index (χ4n) is 3.03. The molecule has 3 rings (SSSR count). The molecule has 0 N–H and O–H groups in total. The molecule has 2 aliphatic rings. The van der Waals surface area contributed by atoms with Crippen LogP contribution in [0.4, 0.5) is 5.69 Å². The minimum atomic E-state index is -3.02. The molecule has 2 atom stereocenters. The molecule has 2 heterocycles. The van der Waals surface area contributed by atoms with Crippen molar-refractivity contribution in [2.24, 2.45) is 0 Å². The number of anilines is 1. The van der Waals surface area contributed by atoms with Gasteiger partial charge in [0.05, 0.1) is 23.6 Å². The van der Waals surface area contributed by atoms with Gasteiger partial charge >= 0.3 is 0 Å². The molecule has 0 amide bonds. The summed E-state index contributed by atoms with van der Waals surface area (Å²) in [6.45, 7) is 4.32. The summed E-state index contributed by atoms with van der Waals surface area (Å²) in [5.41, 5.74) is 0.932. The fraction of sp³-hybridized carbons (Fsp3) is 0.357. The van der Waals surface area contributed by atoms with E-state index in [0.717, 1.165) is 10.2 Å². The number of rotatable bonds is 3. The first-order valence-electron chi connectivity index (χ1n) is 6.59. The van der Waals surface area contributed by atoms with Crippen LogP contribution >= 0.6 is 28.1 Å². The Bertz CT molecular complexity index is 687. The zero-order valence-corrected chi connectivity index (χ0v) is 14.5. The zero-order chi connectivity index (χ0) is 15.2. The molecular weight excluding hydrogens is 372 g/mol. The molecule has 0 aliphatic carbocycles. The Hall–Kier alpha value is -0.920. The van der Waals surface area contributed by atoms with E-state index < -0.39 is 9.84 Å². The summed E-state index contributed by atoms with van der Waals surface area (Å²) in [6, 6.07) is 7.60. The van der Waals surface area contributed by atoms with Crippen molar-refractivity contribution in [1.82, 2.24) is 4.90 Å². The van der Waals surface area contributed by atoms with E-state index in [0.29, 0.717) is 11.7 Å². The molecule has 2 fully saturated rings. The number of nitrogens with zero attached hydrogens (tertiary/aromatic N) is 2. The Morgan fingerprint density at radius 2 is 1.90 bits per heavy atom. The lowest BCUT2D eigenvalue weighted by atomic mass is 10.1. The first kappa shape index (κ1) is 15.0. The average molecular weight is 387 g/mol. The summed E-state index contributed by atoms with van der Waals surface area (Å²) in [5.74, 6) is 0.320. The van der Waals surface area contributed by atoms with Crippen molar-refractivity contribution in [1.29, 1.82) is 0 Å². The van der Waals surface area contributed by atoms with E-state index in [4.69, 9.17) is 12.2 Å². The van der Waals surface area contributed by atoms with Crippen LogP contribution in [0, 0.1) is 0 Å². The summed E-state index contributed by atoms with van der Waals surface area (Å²) in [6.07, 6.45) is 1.76. The van der Waals surface area contributed by atoms with Gasteiger partial charge < -0.3 is 9.80 Å². The molecule has 21 heavy (non-hydrogen) atoms. The van der Waals surface area contributed by atoms with E-state index in [-0.39, 0.29) is 23.6 Å². The van der Waals surface area contributed by atoms with E-state index >= 15 is 0 Å². The van der Waals surface area contributed by atoms with Gasteiger partial charge in [-0.05, 0) is 36.5 Å². The maximum Gasteiger partial charge on any atom is 0.177 e. The standard InChI is InChI=1S/C14H15BrN2O2S2/c1-2-7-16-12-8-21(18,19)9-13(12)17(14(16)20)11-5-3-10(15)4-6-11/h2-6,12-13H,1,7-9H2. The van der Waals surface area contributed by atoms with Crippen LogP contribution in [0.15, 0.2) is 41.4 Å². The van der Waals surface area contributed by atoms with E-state index in [2.05, 4.69) is 22.5 Å². The minimum Gasteiger partial charge on any atom is -0.339 e. The Morgan fingerprint density at radius 3 is 2.52 bits per heavy atom. The highest BCUT2D eigenvalue weighted by Crippen LogP contribution is 2.35. The number of hydrogen-bond acceptors (Lipinski definition) is 3. The largest absolute Gasteiger partial charge is 0.339 e. The third-order valence-corrected chi connectivity index (χ3v) is 6.57. The van der Waals surface area contributed by atoms with Gasteiger partial charge in [0.25, 0.3) is 0 Å². The average Bonchev–Trinajstić information content (AvgIpc) is 2.84. The highest BCUT2D eigenvalue weighted by molar-refractivity contribution is 9.10. The molecule has 2 aliphatic heterocycles. The number of sulfone groups is 1. The molecule has 2 unspecified atom stereocenters. The molecule has 0 aromatic heterocycles. The number of fused-ring (bicyclic) bond motifs is 1. The summed E-state index contributed by atoms with van der Waals surface area (Å²) in [7, 11) is -3.02. The van der Waals surface area contributed by atoms with Crippen molar-refractivity contribution >= 4 is 48.8 Å². The van der Waals surface area contributed by atoms with Gasteiger partial charge in [-0.2, -0.15) is 0 Å². The van der Waals surface area contributed by atoms with E-state index in [1.807, 2.05) is 34.1 Å². The summed E-state index contributed by atoms with van der Waals surface area (Å²) >= 11 is 8.98. The maximum absolute atomic E-state index is 12.0. The Kier molecular flexibility index (Phi) is 3.83. The van der Waals surface area contributed by atoms with Gasteiger partial charge in [0.2, 0.25) is 0 Å². The van der Waals surface area contributed by atoms with Crippen LogP contribution in [0.1, 0.15) is 0 Å². The van der Waals surface area contributed by atoms with Gasteiger partial charge in [-0.15, -0.1) is 6.58 Å². The van der Waals surface area contributed by atoms with E-state index in [1.54, 1.807) is 6.08 Å². The van der Waals surface area contributed by atoms with E-state index in [1.165, 1.54) is 0 Å². The van der Waals surface area contributed by atoms with Crippen molar-refractivity contribution in [3.63, 3.8) is 0 Å². The molecule has 7 heteroatoms. The molecule has 1 aromatic carbocycles. The topological polar surface area (TPSA) is 40.6 Å². The second-order valence-corrected chi connectivity index (χ2v) is 8.72. The highest BCUT2D eigenvalue weighted by Gasteiger charge is 2.51. The first-order chi connectivity index (χ1) is 9.93. The predicted octanol–water partition coefficient (Wildman–Crippen LogP) is 2.21. The quantitative estimate of drug-likeness (QED) is 0.588. The molecule has 4 nitrogen and oxygen atoms in total. The van der Waals surface area contributed by atoms with Crippen LogP contribution in [0.5, 0.6) is 0 Å². The molecule has 1 aromatic rings.